The molecule has 1 aromatic heterocycles. The maximum absolute atomic E-state index is 11.2. The summed E-state index contributed by atoms with van der Waals surface area (Å²) in [6, 6.07) is 16.8. The fraction of sp³-hybridized carbons (Fsp3) is 0.0667. The number of hydrogen-bond acceptors (Lipinski definition) is 2. The number of nitrogens with zero attached hydrogens (tertiary/aromatic N) is 1. The predicted octanol–water partition coefficient (Wildman–Crippen LogP) is 3.77. The van der Waals surface area contributed by atoms with Crippen LogP contribution in [-0.4, -0.2) is 13.0 Å². The Bertz CT molecular complexity index is 880. The lowest BCUT2D eigenvalue weighted by Gasteiger charge is -2.05. The summed E-state index contributed by atoms with van der Waals surface area (Å²) in [7, 11) is 3.64. The molecule has 0 saturated heterocycles. The minimum atomic E-state index is -3.67. The Labute approximate surface area is 121 Å². The molecule has 2 aromatic carbocycles. The molecule has 0 atom stereocenters. The van der Waals surface area contributed by atoms with E-state index in [1.807, 2.05) is 19.2 Å². The van der Waals surface area contributed by atoms with E-state index in [1.54, 1.807) is 12.1 Å². The summed E-state index contributed by atoms with van der Waals surface area (Å²) < 4.78 is 24.6. The second kappa shape index (κ2) is 4.65. The van der Waals surface area contributed by atoms with Crippen LogP contribution in [0.3, 0.4) is 0 Å². The first-order chi connectivity index (χ1) is 9.47. The molecule has 0 spiro atoms. The molecule has 0 N–H and O–H groups in total. The van der Waals surface area contributed by atoms with Crippen molar-refractivity contribution in [1.82, 2.24) is 4.57 Å². The lowest BCUT2D eigenvalue weighted by atomic mass is 10.1. The quantitative estimate of drug-likeness (QED) is 0.676. The van der Waals surface area contributed by atoms with Crippen LogP contribution in [-0.2, 0) is 16.1 Å². The van der Waals surface area contributed by atoms with E-state index in [2.05, 4.69) is 22.8 Å². The highest BCUT2D eigenvalue weighted by Crippen LogP contribution is 2.28. The molecule has 3 rings (SSSR count). The highest BCUT2D eigenvalue weighted by atomic mass is 35.7. The zero-order valence-electron chi connectivity index (χ0n) is 10.7. The third-order valence-electron chi connectivity index (χ3n) is 3.38. The summed E-state index contributed by atoms with van der Waals surface area (Å²) in [5.74, 6) is 0. The maximum Gasteiger partial charge on any atom is 0.261 e. The van der Waals surface area contributed by atoms with Crippen LogP contribution in [0.5, 0.6) is 0 Å². The standard InChI is InChI=1S/C15H12ClNO2S/c1-17-14-5-3-2-4-12(14)10-15(17)11-6-8-13(9-7-11)20(16,18)19/h2-10H,1H3. The van der Waals surface area contributed by atoms with Gasteiger partial charge in [-0.3, -0.25) is 0 Å². The molecule has 102 valence electrons. The molecule has 0 amide bonds. The van der Waals surface area contributed by atoms with Crippen molar-refractivity contribution in [2.24, 2.45) is 7.05 Å². The first-order valence-electron chi connectivity index (χ1n) is 6.06. The number of fused-ring (bicyclic) bond motifs is 1. The summed E-state index contributed by atoms with van der Waals surface area (Å²) in [5, 5.41) is 1.15. The van der Waals surface area contributed by atoms with Gasteiger partial charge in [-0.1, -0.05) is 30.3 Å². The molecular formula is C15H12ClNO2S. The highest BCUT2D eigenvalue weighted by molar-refractivity contribution is 8.13. The zero-order valence-corrected chi connectivity index (χ0v) is 12.3. The summed E-state index contributed by atoms with van der Waals surface area (Å²) >= 11 is 0. The number of para-hydroxylation sites is 1. The van der Waals surface area contributed by atoms with E-state index in [4.69, 9.17) is 10.7 Å². The average molecular weight is 306 g/mol. The monoisotopic (exact) mass is 305 g/mol. The molecule has 0 bridgehead atoms. The molecule has 0 fully saturated rings. The topological polar surface area (TPSA) is 39.1 Å². The minimum absolute atomic E-state index is 0.113. The Morgan fingerprint density at radius 1 is 1.00 bits per heavy atom. The van der Waals surface area contributed by atoms with Crippen LogP contribution in [0.2, 0.25) is 0 Å². The molecule has 20 heavy (non-hydrogen) atoms. The molecule has 0 aliphatic heterocycles. The fourth-order valence-corrected chi connectivity index (χ4v) is 3.12. The number of halogens is 1. The number of benzene rings is 2. The van der Waals surface area contributed by atoms with Gasteiger partial charge in [0.2, 0.25) is 0 Å². The lowest BCUT2D eigenvalue weighted by Crippen LogP contribution is -1.93. The molecule has 0 unspecified atom stereocenters. The Kier molecular flexibility index (Phi) is 3.07. The van der Waals surface area contributed by atoms with Gasteiger partial charge in [-0.2, -0.15) is 0 Å². The van der Waals surface area contributed by atoms with Crippen LogP contribution in [0.4, 0.5) is 0 Å². The van der Waals surface area contributed by atoms with Gasteiger partial charge in [0, 0.05) is 34.3 Å². The van der Waals surface area contributed by atoms with Crippen molar-refractivity contribution in [1.29, 1.82) is 0 Å². The van der Waals surface area contributed by atoms with E-state index >= 15 is 0 Å². The van der Waals surface area contributed by atoms with E-state index in [0.717, 1.165) is 22.2 Å². The molecule has 0 radical (unpaired) electrons. The third-order valence-corrected chi connectivity index (χ3v) is 4.75. The summed E-state index contributed by atoms with van der Waals surface area (Å²) in [6.45, 7) is 0. The van der Waals surface area contributed by atoms with Gasteiger partial charge in [-0.05, 0) is 29.8 Å². The van der Waals surface area contributed by atoms with Crippen LogP contribution in [0.15, 0.2) is 59.5 Å². The molecular weight excluding hydrogens is 294 g/mol. The Balaban J connectivity index is 2.14. The van der Waals surface area contributed by atoms with Gasteiger partial charge >= 0.3 is 0 Å². The normalized spacial score (nSPS) is 11.9. The van der Waals surface area contributed by atoms with Crippen molar-refractivity contribution >= 4 is 30.6 Å². The Morgan fingerprint density at radius 2 is 1.65 bits per heavy atom. The second-order valence-corrected chi connectivity index (χ2v) is 7.18. The SMILES string of the molecule is Cn1c(-c2ccc(S(=O)(=O)Cl)cc2)cc2ccccc21. The van der Waals surface area contributed by atoms with Crippen LogP contribution in [0.25, 0.3) is 22.2 Å². The molecule has 3 nitrogen and oxygen atoms in total. The van der Waals surface area contributed by atoms with Crippen LogP contribution in [0, 0.1) is 0 Å². The van der Waals surface area contributed by atoms with Crippen LogP contribution < -0.4 is 0 Å². The summed E-state index contributed by atoms with van der Waals surface area (Å²) in [6.07, 6.45) is 0. The zero-order chi connectivity index (χ0) is 14.3. The van der Waals surface area contributed by atoms with Gasteiger partial charge in [0.25, 0.3) is 9.05 Å². The van der Waals surface area contributed by atoms with Gasteiger partial charge in [0.15, 0.2) is 0 Å². The van der Waals surface area contributed by atoms with E-state index in [1.165, 1.54) is 12.1 Å². The van der Waals surface area contributed by atoms with Crippen molar-refractivity contribution in [2.75, 3.05) is 0 Å². The Hall–Kier alpha value is -1.78. The van der Waals surface area contributed by atoms with Crippen LogP contribution in [0.1, 0.15) is 0 Å². The fourth-order valence-electron chi connectivity index (χ4n) is 2.35. The van der Waals surface area contributed by atoms with Crippen molar-refractivity contribution in [2.45, 2.75) is 4.90 Å². The van der Waals surface area contributed by atoms with Gasteiger partial charge in [-0.15, -0.1) is 0 Å². The Morgan fingerprint density at radius 3 is 2.25 bits per heavy atom. The summed E-state index contributed by atoms with van der Waals surface area (Å²) in [5.41, 5.74) is 3.12. The lowest BCUT2D eigenvalue weighted by molar-refractivity contribution is 0.609. The first-order valence-corrected chi connectivity index (χ1v) is 8.37. The van der Waals surface area contributed by atoms with E-state index in [0.29, 0.717) is 0 Å². The van der Waals surface area contributed by atoms with Crippen molar-refractivity contribution in [3.8, 4) is 11.3 Å². The van der Waals surface area contributed by atoms with Gasteiger partial charge in [0.05, 0.1) is 4.90 Å². The van der Waals surface area contributed by atoms with E-state index < -0.39 is 9.05 Å². The molecule has 5 heteroatoms. The van der Waals surface area contributed by atoms with Gasteiger partial charge in [0.1, 0.15) is 0 Å². The van der Waals surface area contributed by atoms with E-state index in [9.17, 15) is 8.42 Å². The summed E-state index contributed by atoms with van der Waals surface area (Å²) in [4.78, 5) is 0.113. The van der Waals surface area contributed by atoms with Crippen molar-refractivity contribution in [3.05, 3.63) is 54.6 Å². The molecule has 0 saturated carbocycles. The minimum Gasteiger partial charge on any atom is -0.344 e. The predicted molar refractivity (Wildman–Crippen MR) is 81.4 cm³/mol. The van der Waals surface area contributed by atoms with E-state index in [-0.39, 0.29) is 4.90 Å². The van der Waals surface area contributed by atoms with Gasteiger partial charge in [-0.25, -0.2) is 8.42 Å². The molecule has 1 heterocycles. The first kappa shape index (κ1) is 13.2. The average Bonchev–Trinajstić information content (AvgIpc) is 2.76. The number of aryl methyl sites for hydroxylation is 1. The number of aromatic nitrogens is 1. The second-order valence-electron chi connectivity index (χ2n) is 4.61. The third kappa shape index (κ3) is 2.21. The van der Waals surface area contributed by atoms with Crippen LogP contribution >= 0.6 is 10.7 Å². The van der Waals surface area contributed by atoms with Crippen molar-refractivity contribution < 1.29 is 8.42 Å². The molecule has 0 aliphatic rings. The molecule has 0 aliphatic carbocycles. The largest absolute Gasteiger partial charge is 0.344 e. The number of hydrogen-bond donors (Lipinski definition) is 0. The maximum atomic E-state index is 11.2. The molecule has 3 aromatic rings. The smallest absolute Gasteiger partial charge is 0.261 e. The van der Waals surface area contributed by atoms with Gasteiger partial charge < -0.3 is 4.57 Å². The van der Waals surface area contributed by atoms with Crippen molar-refractivity contribution in [3.63, 3.8) is 0 Å². The highest BCUT2D eigenvalue weighted by Gasteiger charge is 2.11. The number of rotatable bonds is 2.